The van der Waals surface area contributed by atoms with E-state index in [0.29, 0.717) is 36.1 Å². The summed E-state index contributed by atoms with van der Waals surface area (Å²) >= 11 is 0. The number of aryl methyl sites for hydroxylation is 1. The molecular formula is C20H26N4O5. The van der Waals surface area contributed by atoms with Crippen molar-refractivity contribution in [1.29, 1.82) is 0 Å². The van der Waals surface area contributed by atoms with Crippen LogP contribution in [0.2, 0.25) is 0 Å². The number of methoxy groups -OCH3 is 1. The third-order valence-electron chi connectivity index (χ3n) is 4.74. The van der Waals surface area contributed by atoms with Crippen LogP contribution in [-0.4, -0.2) is 59.8 Å². The molecule has 1 saturated heterocycles. The summed E-state index contributed by atoms with van der Waals surface area (Å²) in [6.07, 6.45) is 1.57. The van der Waals surface area contributed by atoms with Gasteiger partial charge in [-0.3, -0.25) is 9.59 Å². The molecule has 9 heteroatoms. The number of likely N-dealkylation sites (tertiary alicyclic amines) is 1. The van der Waals surface area contributed by atoms with Crippen molar-refractivity contribution in [2.45, 2.75) is 38.8 Å². The van der Waals surface area contributed by atoms with Gasteiger partial charge in [-0.2, -0.15) is 4.98 Å². The average Bonchev–Trinajstić information content (AvgIpc) is 3.16. The Labute approximate surface area is 169 Å². The first-order chi connectivity index (χ1) is 14.0. The van der Waals surface area contributed by atoms with Crippen LogP contribution in [0.25, 0.3) is 0 Å². The summed E-state index contributed by atoms with van der Waals surface area (Å²) < 4.78 is 16.0. The summed E-state index contributed by atoms with van der Waals surface area (Å²) in [6.45, 7) is 4.92. The molecule has 0 bridgehead atoms. The zero-order valence-electron chi connectivity index (χ0n) is 16.9. The molecule has 1 aliphatic heterocycles. The lowest BCUT2D eigenvalue weighted by Gasteiger charge is -2.32. The van der Waals surface area contributed by atoms with E-state index in [4.69, 9.17) is 14.0 Å². The zero-order chi connectivity index (χ0) is 20.8. The van der Waals surface area contributed by atoms with E-state index < -0.39 is 0 Å². The summed E-state index contributed by atoms with van der Waals surface area (Å²) in [6, 6.07) is 6.60. The second-order valence-electron chi connectivity index (χ2n) is 7.03. The molecule has 3 rings (SSSR count). The van der Waals surface area contributed by atoms with E-state index in [1.807, 2.05) is 0 Å². The van der Waals surface area contributed by atoms with Crippen LogP contribution in [0.4, 0.5) is 0 Å². The van der Waals surface area contributed by atoms with Gasteiger partial charge < -0.3 is 24.2 Å². The Kier molecular flexibility index (Phi) is 6.82. The van der Waals surface area contributed by atoms with E-state index in [-0.39, 0.29) is 30.6 Å². The van der Waals surface area contributed by atoms with Crippen LogP contribution >= 0.6 is 0 Å². The Morgan fingerprint density at radius 1 is 1.28 bits per heavy atom. The standard InChI is InChI=1S/C20H26N4O5/c1-13(20-22-14(2)23-29-20)21-19(26)15-4-6-16(7-5-15)28-17-8-10-24(11-9-17)18(25)12-27-3/h4-7,13,17H,8-12H2,1-3H3,(H,21,26)/t13-/m1/s1. The van der Waals surface area contributed by atoms with E-state index in [2.05, 4.69) is 15.5 Å². The number of aromatic nitrogens is 2. The van der Waals surface area contributed by atoms with E-state index in [9.17, 15) is 9.59 Å². The lowest BCUT2D eigenvalue weighted by atomic mass is 10.1. The van der Waals surface area contributed by atoms with Crippen LogP contribution in [-0.2, 0) is 9.53 Å². The number of carbonyl (C=O) groups is 2. The number of amides is 2. The number of ether oxygens (including phenoxy) is 2. The highest BCUT2D eigenvalue weighted by Crippen LogP contribution is 2.20. The van der Waals surface area contributed by atoms with E-state index in [0.717, 1.165) is 12.8 Å². The molecule has 156 valence electrons. The maximum absolute atomic E-state index is 12.4. The molecule has 9 nitrogen and oxygen atoms in total. The summed E-state index contributed by atoms with van der Waals surface area (Å²) in [5, 5.41) is 6.56. The second kappa shape index (κ2) is 9.51. The van der Waals surface area contributed by atoms with Gasteiger partial charge in [-0.1, -0.05) is 5.16 Å². The highest BCUT2D eigenvalue weighted by molar-refractivity contribution is 5.94. The molecule has 2 aromatic rings. The van der Waals surface area contributed by atoms with Crippen molar-refractivity contribution in [2.24, 2.45) is 0 Å². The van der Waals surface area contributed by atoms with Crippen molar-refractivity contribution in [3.05, 3.63) is 41.5 Å². The lowest BCUT2D eigenvalue weighted by Crippen LogP contribution is -2.43. The summed E-state index contributed by atoms with van der Waals surface area (Å²) in [4.78, 5) is 30.2. The average molecular weight is 402 g/mol. The van der Waals surface area contributed by atoms with Crippen molar-refractivity contribution in [3.8, 4) is 5.75 Å². The number of nitrogens with one attached hydrogen (secondary N) is 1. The quantitative estimate of drug-likeness (QED) is 0.753. The Morgan fingerprint density at radius 2 is 1.97 bits per heavy atom. The van der Waals surface area contributed by atoms with Gasteiger partial charge >= 0.3 is 0 Å². The van der Waals surface area contributed by atoms with Crippen LogP contribution in [0.15, 0.2) is 28.8 Å². The minimum Gasteiger partial charge on any atom is -0.490 e. The molecule has 1 aromatic heterocycles. The van der Waals surface area contributed by atoms with E-state index in [1.165, 1.54) is 7.11 Å². The van der Waals surface area contributed by atoms with E-state index >= 15 is 0 Å². The minimum absolute atomic E-state index is 0.00577. The third kappa shape index (κ3) is 5.54. The Morgan fingerprint density at radius 3 is 2.55 bits per heavy atom. The van der Waals surface area contributed by atoms with Crippen molar-refractivity contribution < 1.29 is 23.6 Å². The van der Waals surface area contributed by atoms with Crippen LogP contribution < -0.4 is 10.1 Å². The number of hydrogen-bond acceptors (Lipinski definition) is 7. The van der Waals surface area contributed by atoms with Crippen molar-refractivity contribution in [1.82, 2.24) is 20.4 Å². The fourth-order valence-corrected chi connectivity index (χ4v) is 3.15. The summed E-state index contributed by atoms with van der Waals surface area (Å²) in [7, 11) is 1.52. The predicted molar refractivity (Wildman–Crippen MR) is 103 cm³/mol. The maximum atomic E-state index is 12.4. The highest BCUT2D eigenvalue weighted by Gasteiger charge is 2.24. The Bertz CT molecular complexity index is 828. The van der Waals surface area contributed by atoms with Crippen molar-refractivity contribution in [3.63, 3.8) is 0 Å². The molecule has 0 spiro atoms. The second-order valence-corrected chi connectivity index (χ2v) is 7.03. The Balaban J connectivity index is 1.49. The zero-order valence-corrected chi connectivity index (χ0v) is 16.9. The van der Waals surface area contributed by atoms with Gasteiger partial charge in [0.05, 0.1) is 0 Å². The van der Waals surface area contributed by atoms with Crippen molar-refractivity contribution in [2.75, 3.05) is 26.8 Å². The number of benzene rings is 1. The van der Waals surface area contributed by atoms with Gasteiger partial charge in [-0.25, -0.2) is 0 Å². The number of nitrogens with zero attached hydrogens (tertiary/aromatic N) is 3. The third-order valence-corrected chi connectivity index (χ3v) is 4.74. The molecule has 1 atom stereocenters. The fraction of sp³-hybridized carbons (Fsp3) is 0.500. The van der Waals surface area contributed by atoms with Crippen LogP contribution in [0.5, 0.6) is 5.75 Å². The highest BCUT2D eigenvalue weighted by atomic mass is 16.5. The first kappa shape index (κ1) is 20.8. The molecule has 0 radical (unpaired) electrons. The Hall–Kier alpha value is -2.94. The van der Waals surface area contributed by atoms with E-state index in [1.54, 1.807) is 43.0 Å². The molecular weight excluding hydrogens is 376 g/mol. The molecule has 1 N–H and O–H groups in total. The van der Waals surface area contributed by atoms with Crippen LogP contribution in [0, 0.1) is 6.92 Å². The topological polar surface area (TPSA) is 107 Å². The van der Waals surface area contributed by atoms with Gasteiger partial charge in [0.25, 0.3) is 5.91 Å². The summed E-state index contributed by atoms with van der Waals surface area (Å²) in [5.74, 6) is 1.36. The van der Waals surface area contributed by atoms with Gasteiger partial charge in [-0.05, 0) is 38.1 Å². The normalized spacial score (nSPS) is 15.8. The molecule has 1 aliphatic rings. The number of piperidine rings is 1. The lowest BCUT2D eigenvalue weighted by molar-refractivity contribution is -0.136. The largest absolute Gasteiger partial charge is 0.490 e. The molecule has 0 saturated carbocycles. The van der Waals surface area contributed by atoms with Crippen LogP contribution in [0.1, 0.15) is 47.9 Å². The SMILES string of the molecule is COCC(=O)N1CCC(Oc2ccc(C(=O)N[C@H](C)c3nc(C)no3)cc2)CC1. The number of hydrogen-bond donors (Lipinski definition) is 1. The maximum Gasteiger partial charge on any atom is 0.251 e. The molecule has 1 fully saturated rings. The molecule has 2 heterocycles. The first-order valence-corrected chi connectivity index (χ1v) is 9.60. The molecule has 29 heavy (non-hydrogen) atoms. The van der Waals surface area contributed by atoms with Gasteiger partial charge in [0.15, 0.2) is 5.82 Å². The first-order valence-electron chi connectivity index (χ1n) is 9.60. The monoisotopic (exact) mass is 402 g/mol. The van der Waals surface area contributed by atoms with Gasteiger partial charge in [0.2, 0.25) is 11.8 Å². The van der Waals surface area contributed by atoms with Gasteiger partial charge in [-0.15, -0.1) is 0 Å². The molecule has 1 aromatic carbocycles. The molecule has 0 unspecified atom stereocenters. The minimum atomic E-state index is -0.384. The number of carbonyl (C=O) groups excluding carboxylic acids is 2. The predicted octanol–water partition coefficient (Wildman–Crippen LogP) is 1.89. The van der Waals surface area contributed by atoms with Crippen molar-refractivity contribution >= 4 is 11.8 Å². The number of rotatable bonds is 7. The summed E-state index contributed by atoms with van der Waals surface area (Å²) in [5.41, 5.74) is 0.514. The van der Waals surface area contributed by atoms with Crippen LogP contribution in [0.3, 0.4) is 0 Å². The van der Waals surface area contributed by atoms with Gasteiger partial charge in [0, 0.05) is 38.6 Å². The fourth-order valence-electron chi connectivity index (χ4n) is 3.15. The molecule has 2 amide bonds. The smallest absolute Gasteiger partial charge is 0.251 e. The van der Waals surface area contributed by atoms with Gasteiger partial charge in [0.1, 0.15) is 24.5 Å². The molecule has 0 aliphatic carbocycles.